The van der Waals surface area contributed by atoms with Gasteiger partial charge in [-0.25, -0.2) is 16.8 Å². The van der Waals surface area contributed by atoms with Gasteiger partial charge in [-0.3, -0.25) is 0 Å². The summed E-state index contributed by atoms with van der Waals surface area (Å²) in [4.78, 5) is 9.90. The van der Waals surface area contributed by atoms with Crippen LogP contribution in [0.25, 0.3) is 0 Å². The molecule has 0 aliphatic carbocycles. The van der Waals surface area contributed by atoms with Crippen LogP contribution >= 0.6 is 0 Å². The molecule has 4 atom stereocenters. The van der Waals surface area contributed by atoms with Gasteiger partial charge in [0.25, 0.3) is 0 Å². The minimum Gasteiger partial charge on any atom is -0.394 e. The Bertz CT molecular complexity index is 580. The number of sulfone groups is 2. The lowest BCUT2D eigenvalue weighted by molar-refractivity contribution is -0.136. The molecule has 0 heterocycles. The Morgan fingerprint density at radius 2 is 1.27 bits per heavy atom. The minimum atomic E-state index is -3.57. The molecule has 0 radical (unpaired) electrons. The minimum absolute atomic E-state index is 0.0258. The predicted molar refractivity (Wildman–Crippen MR) is 94.8 cm³/mol. The first-order valence-corrected chi connectivity index (χ1v) is 11.3. The van der Waals surface area contributed by atoms with Crippen LogP contribution in [-0.4, -0.2) is 95.3 Å². The number of aliphatic hydroxyl groups is 5. The van der Waals surface area contributed by atoms with Gasteiger partial charge in [0, 0.05) is 11.5 Å². The molecule has 0 saturated carbocycles. The van der Waals surface area contributed by atoms with E-state index in [4.69, 9.17) is 25.5 Å². The number of hydrogen-bond acceptors (Lipinski definition) is 10. The molecule has 5 N–H and O–H groups in total. The molecule has 158 valence electrons. The fourth-order valence-electron chi connectivity index (χ4n) is 1.86. The third kappa shape index (κ3) is 6.51. The van der Waals surface area contributed by atoms with E-state index in [0.717, 1.165) is 0 Å². The first-order chi connectivity index (χ1) is 11.7. The van der Waals surface area contributed by atoms with Crippen LogP contribution in [0.15, 0.2) is 0 Å². The number of hydrogen-bond donors (Lipinski definition) is 5. The van der Waals surface area contributed by atoms with Crippen molar-refractivity contribution in [3.05, 3.63) is 0 Å². The van der Waals surface area contributed by atoms with Crippen LogP contribution in [0.4, 0.5) is 0 Å². The Labute approximate surface area is 154 Å². The monoisotopic (exact) mass is 422 g/mol. The van der Waals surface area contributed by atoms with Crippen molar-refractivity contribution in [3.63, 3.8) is 0 Å². The highest BCUT2D eigenvalue weighted by Gasteiger charge is 2.47. The van der Waals surface area contributed by atoms with Gasteiger partial charge in [-0.15, -0.1) is 0 Å². The van der Waals surface area contributed by atoms with Gasteiger partial charge in [-0.1, -0.05) is 20.8 Å². The molecular formula is C14H30O10S2. The van der Waals surface area contributed by atoms with Crippen LogP contribution in [0.2, 0.25) is 0 Å². The average molecular weight is 423 g/mol. The molecule has 0 aromatic carbocycles. The van der Waals surface area contributed by atoms with E-state index in [0.29, 0.717) is 0 Å². The van der Waals surface area contributed by atoms with Crippen molar-refractivity contribution >= 4 is 26.0 Å². The molecule has 0 aromatic heterocycles. The van der Waals surface area contributed by atoms with E-state index in [1.807, 2.05) is 0 Å². The smallest absolute Gasteiger partial charge is 0.170 e. The summed E-state index contributed by atoms with van der Waals surface area (Å²) in [6, 6.07) is 0. The van der Waals surface area contributed by atoms with Gasteiger partial charge in [0.2, 0.25) is 0 Å². The largest absolute Gasteiger partial charge is 0.394 e. The zero-order valence-corrected chi connectivity index (χ0v) is 16.9. The lowest BCUT2D eigenvalue weighted by Gasteiger charge is -2.26. The molecule has 0 spiro atoms. The van der Waals surface area contributed by atoms with E-state index in [1.165, 1.54) is 20.8 Å². The van der Waals surface area contributed by atoms with Crippen molar-refractivity contribution in [2.24, 2.45) is 0 Å². The molecule has 0 aliphatic heterocycles. The zero-order valence-electron chi connectivity index (χ0n) is 15.3. The van der Waals surface area contributed by atoms with Gasteiger partial charge in [0.1, 0.15) is 24.4 Å². The summed E-state index contributed by atoms with van der Waals surface area (Å²) in [5.41, 5.74) is 0. The molecule has 0 rings (SSSR count). The van der Waals surface area contributed by atoms with Crippen LogP contribution < -0.4 is 0 Å². The normalized spacial score (nSPS) is 17.4. The van der Waals surface area contributed by atoms with Gasteiger partial charge in [-0.2, -0.15) is 0 Å². The predicted octanol–water partition coefficient (Wildman–Crippen LogP) is -2.40. The van der Waals surface area contributed by atoms with Crippen LogP contribution in [-0.2, 0) is 24.5 Å². The third-order valence-corrected chi connectivity index (χ3v) is 10.4. The topological polar surface area (TPSA) is 186 Å². The highest BCUT2D eigenvalue weighted by atomic mass is 32.3. The van der Waals surface area contributed by atoms with E-state index in [9.17, 15) is 21.6 Å². The molecular weight excluding hydrogens is 392 g/mol. The third-order valence-electron chi connectivity index (χ3n) is 4.14. The van der Waals surface area contributed by atoms with Gasteiger partial charge in [-0.05, 0) is 13.3 Å². The second-order valence-electron chi connectivity index (χ2n) is 5.65. The molecule has 26 heavy (non-hydrogen) atoms. The SMILES string of the molecule is CCC(C)(S(=O)(=O)CC)S(=O)(=O)CC.O=C[C@@H](O)[C@@H](O)[C@H](O)[C@H](O)CO. The van der Waals surface area contributed by atoms with Gasteiger partial charge >= 0.3 is 0 Å². The molecule has 0 fully saturated rings. The summed E-state index contributed by atoms with van der Waals surface area (Å²) >= 11 is 0. The van der Waals surface area contributed by atoms with Crippen molar-refractivity contribution in [1.29, 1.82) is 0 Å². The second-order valence-corrected chi connectivity index (χ2v) is 11.3. The number of rotatable bonds is 10. The number of aldehydes is 1. The summed E-state index contributed by atoms with van der Waals surface area (Å²) in [7, 11) is -7.14. The van der Waals surface area contributed by atoms with Gasteiger partial charge < -0.3 is 30.3 Å². The van der Waals surface area contributed by atoms with Gasteiger partial charge in [0.05, 0.1) is 6.61 Å². The summed E-state index contributed by atoms with van der Waals surface area (Å²) in [6.07, 6.45) is -6.74. The Balaban J connectivity index is 0. The second kappa shape index (κ2) is 11.3. The average Bonchev–Trinajstić information content (AvgIpc) is 2.64. The lowest BCUT2D eigenvalue weighted by atomic mass is 10.0. The Morgan fingerprint density at radius 3 is 1.50 bits per heavy atom. The maximum Gasteiger partial charge on any atom is 0.170 e. The maximum absolute atomic E-state index is 11.7. The Kier molecular flexibility index (Phi) is 12.0. The van der Waals surface area contributed by atoms with Crippen molar-refractivity contribution in [2.75, 3.05) is 18.1 Å². The van der Waals surface area contributed by atoms with Crippen molar-refractivity contribution in [1.82, 2.24) is 0 Å². The molecule has 0 bridgehead atoms. The van der Waals surface area contributed by atoms with Crippen molar-refractivity contribution in [3.8, 4) is 0 Å². The number of carbonyl (C=O) groups is 1. The van der Waals surface area contributed by atoms with Crippen LogP contribution in [0.5, 0.6) is 0 Å². The summed E-state index contributed by atoms with van der Waals surface area (Å²) in [5.74, 6) is -0.285. The highest BCUT2D eigenvalue weighted by molar-refractivity contribution is 8.10. The standard InChI is InChI=1S/C8H18O4S2.C6H12O6/c1-5-8(4,13(9,10)6-2)14(11,12)7-3;7-1-3(9)5(11)6(12)4(10)2-8/h5-7H2,1-4H3;1,3-6,8-12H,2H2/t;3-,4-,5-,6-/m.1/s1. The first-order valence-electron chi connectivity index (χ1n) is 7.95. The van der Waals surface area contributed by atoms with Crippen LogP contribution in [0.1, 0.15) is 34.1 Å². The highest BCUT2D eigenvalue weighted by Crippen LogP contribution is 2.29. The summed E-state index contributed by atoms with van der Waals surface area (Å²) < 4.78 is 45.1. The molecule has 0 aromatic rings. The van der Waals surface area contributed by atoms with E-state index in [-0.39, 0.29) is 24.2 Å². The fourth-order valence-corrected chi connectivity index (χ4v) is 6.22. The molecule has 0 unspecified atom stereocenters. The van der Waals surface area contributed by atoms with E-state index in [2.05, 4.69) is 0 Å². The summed E-state index contributed by atoms with van der Waals surface area (Å²) in [6.45, 7) is 5.05. The number of carbonyl (C=O) groups excluding carboxylic acids is 1. The van der Waals surface area contributed by atoms with E-state index in [1.54, 1.807) is 6.92 Å². The first kappa shape index (κ1) is 27.6. The molecule has 0 amide bonds. The zero-order chi connectivity index (χ0) is 21.3. The van der Waals surface area contributed by atoms with E-state index >= 15 is 0 Å². The summed E-state index contributed by atoms with van der Waals surface area (Å²) in [5, 5.41) is 43.5. The maximum atomic E-state index is 11.7. The quantitative estimate of drug-likeness (QED) is 0.238. The molecule has 12 heteroatoms. The number of aliphatic hydroxyl groups excluding tert-OH is 5. The molecule has 10 nitrogen and oxygen atoms in total. The molecule has 0 saturated heterocycles. The lowest BCUT2D eigenvalue weighted by Crippen LogP contribution is -2.46. The van der Waals surface area contributed by atoms with Gasteiger partial charge in [0.15, 0.2) is 30.0 Å². The van der Waals surface area contributed by atoms with E-state index < -0.39 is 54.8 Å². The fraction of sp³-hybridized carbons (Fsp3) is 0.929. The van der Waals surface area contributed by atoms with Crippen molar-refractivity contribution < 1.29 is 47.2 Å². The van der Waals surface area contributed by atoms with Crippen LogP contribution in [0.3, 0.4) is 0 Å². The van der Waals surface area contributed by atoms with Crippen molar-refractivity contribution in [2.45, 2.75) is 62.6 Å². The molecule has 0 aliphatic rings. The van der Waals surface area contributed by atoms with Crippen LogP contribution in [0, 0.1) is 0 Å². The Hall–Kier alpha value is -0.630. The Morgan fingerprint density at radius 1 is 0.885 bits per heavy atom.